The minimum absolute atomic E-state index is 0.0429. The molecule has 0 atom stereocenters. The van der Waals surface area contributed by atoms with Crippen LogP contribution in [0.25, 0.3) is 0 Å². The zero-order valence-electron chi connectivity index (χ0n) is 10.2. The minimum Gasteiger partial charge on any atom is -0.466 e. The van der Waals surface area contributed by atoms with Gasteiger partial charge >= 0.3 is 0 Å². The van der Waals surface area contributed by atoms with Crippen molar-refractivity contribution in [2.24, 2.45) is 0 Å². The molecule has 0 radical (unpaired) electrons. The van der Waals surface area contributed by atoms with Gasteiger partial charge in [0.15, 0.2) is 1.37 Å². The molecule has 1 aliphatic carbocycles. The second-order valence-corrected chi connectivity index (χ2v) is 6.45. The molecule has 18 heavy (non-hydrogen) atoms. The summed E-state index contributed by atoms with van der Waals surface area (Å²) in [7, 11) is 2.92. The molecule has 0 aromatic carbocycles. The Bertz CT molecular complexity index is 493. The Balaban J connectivity index is 1.85. The van der Waals surface area contributed by atoms with Gasteiger partial charge in [0.2, 0.25) is 0 Å². The molecule has 96 valence electrons. The highest BCUT2D eigenvalue weighted by Crippen LogP contribution is 2.55. The van der Waals surface area contributed by atoms with Crippen molar-refractivity contribution in [1.82, 2.24) is 4.98 Å². The molecule has 0 spiro atoms. The molecule has 2 rings (SSSR count). The quantitative estimate of drug-likeness (QED) is 0.344. The van der Waals surface area contributed by atoms with Crippen LogP contribution in [0.15, 0.2) is 23.4 Å². The lowest BCUT2D eigenvalue weighted by Crippen LogP contribution is -2.10. The second-order valence-electron chi connectivity index (χ2n) is 3.83. The summed E-state index contributed by atoms with van der Waals surface area (Å²) in [6, 6.07) is 2.99. The standard InChI is InChI=1S/C10H10N2O4S2/c13-7-16-6-10(3-4-10)18-17-9-2-1-8(5-11-9)12(14)15/h1-2,5,7H,3-4,6H2/i7D. The summed E-state index contributed by atoms with van der Waals surface area (Å²) in [5.41, 5.74) is -0.0429. The molecule has 0 N–H and O–H groups in total. The van der Waals surface area contributed by atoms with Crippen LogP contribution in [0.3, 0.4) is 0 Å². The Morgan fingerprint density at radius 2 is 2.44 bits per heavy atom. The van der Waals surface area contributed by atoms with E-state index in [0.717, 1.165) is 12.8 Å². The lowest BCUT2D eigenvalue weighted by molar-refractivity contribution is -0.385. The van der Waals surface area contributed by atoms with Gasteiger partial charge in [-0.25, -0.2) is 4.98 Å². The van der Waals surface area contributed by atoms with Crippen molar-refractivity contribution < 1.29 is 15.8 Å². The smallest absolute Gasteiger partial charge is 0.293 e. The largest absolute Gasteiger partial charge is 0.466 e. The Kier molecular flexibility index (Phi) is 3.65. The highest BCUT2D eigenvalue weighted by Gasteiger charge is 2.45. The highest BCUT2D eigenvalue weighted by molar-refractivity contribution is 8.77. The first-order valence-corrected chi connectivity index (χ1v) is 7.25. The van der Waals surface area contributed by atoms with E-state index in [2.05, 4.69) is 4.98 Å². The van der Waals surface area contributed by atoms with Gasteiger partial charge in [-0.05, 0) is 29.7 Å². The summed E-state index contributed by atoms with van der Waals surface area (Å²) < 4.78 is 11.3. The first-order valence-electron chi connectivity index (χ1n) is 5.60. The molecule has 0 saturated heterocycles. The molecule has 0 bridgehead atoms. The Hall–Kier alpha value is -1.28. The number of aromatic nitrogens is 1. The molecule has 1 aromatic heterocycles. The van der Waals surface area contributed by atoms with Crippen LogP contribution >= 0.6 is 21.6 Å². The summed E-state index contributed by atoms with van der Waals surface area (Å²) >= 11 is 0. The van der Waals surface area contributed by atoms with E-state index < -0.39 is 11.4 Å². The van der Waals surface area contributed by atoms with Gasteiger partial charge in [-0.1, -0.05) is 10.8 Å². The Morgan fingerprint density at radius 3 is 2.94 bits per heavy atom. The average molecular weight is 287 g/mol. The predicted molar refractivity (Wildman–Crippen MR) is 68.3 cm³/mol. The topological polar surface area (TPSA) is 82.3 Å². The zero-order valence-corrected chi connectivity index (χ0v) is 10.8. The molecule has 1 heterocycles. The molecular weight excluding hydrogens is 276 g/mol. The Labute approximate surface area is 112 Å². The number of carbonyl (C=O) groups excluding carboxylic acids is 1. The molecule has 6 nitrogen and oxygen atoms in total. The maximum atomic E-state index is 10.5. The molecule has 1 fully saturated rings. The minimum atomic E-state index is -1.02. The number of ether oxygens (including phenoxy) is 1. The van der Waals surface area contributed by atoms with E-state index in [0.29, 0.717) is 5.03 Å². The molecule has 1 aromatic rings. The Morgan fingerprint density at radius 1 is 1.67 bits per heavy atom. The molecule has 1 aliphatic rings. The molecule has 1 saturated carbocycles. The van der Waals surface area contributed by atoms with E-state index >= 15 is 0 Å². The predicted octanol–water partition coefficient (Wildman–Crippen LogP) is 2.44. The fourth-order valence-electron chi connectivity index (χ4n) is 1.21. The van der Waals surface area contributed by atoms with Gasteiger partial charge in [0.25, 0.3) is 12.1 Å². The number of carbonyl (C=O) groups is 1. The van der Waals surface area contributed by atoms with Crippen molar-refractivity contribution in [2.45, 2.75) is 22.6 Å². The van der Waals surface area contributed by atoms with Crippen LogP contribution in [0.2, 0.25) is 0 Å². The molecule has 8 heteroatoms. The van der Waals surface area contributed by atoms with Crippen molar-refractivity contribution in [2.75, 3.05) is 6.61 Å². The third kappa shape index (κ3) is 3.36. The van der Waals surface area contributed by atoms with Gasteiger partial charge in [-0.15, -0.1) is 0 Å². The first kappa shape index (κ1) is 11.8. The maximum Gasteiger partial charge on any atom is 0.293 e. The van der Waals surface area contributed by atoms with Crippen LogP contribution in [0.4, 0.5) is 5.69 Å². The fourth-order valence-corrected chi connectivity index (χ4v) is 3.80. The number of hydrogen-bond acceptors (Lipinski definition) is 7. The summed E-state index contributed by atoms with van der Waals surface area (Å²) in [5.74, 6) is 0. The average Bonchev–Trinajstić information content (AvgIpc) is 3.15. The molecular formula is C10H10N2O4S2. The van der Waals surface area contributed by atoms with Crippen LogP contribution in [0, 0.1) is 10.1 Å². The number of nitrogens with zero attached hydrogens (tertiary/aromatic N) is 2. The third-order valence-corrected chi connectivity index (χ3v) is 5.64. The highest BCUT2D eigenvalue weighted by atomic mass is 33.1. The normalized spacial score (nSPS) is 16.8. The van der Waals surface area contributed by atoms with E-state index in [9.17, 15) is 14.9 Å². The van der Waals surface area contributed by atoms with Gasteiger partial charge in [-0.3, -0.25) is 14.9 Å². The van der Waals surface area contributed by atoms with Gasteiger partial charge in [0.1, 0.15) is 17.8 Å². The van der Waals surface area contributed by atoms with Crippen LogP contribution < -0.4 is 0 Å². The van der Waals surface area contributed by atoms with Crippen molar-refractivity contribution >= 4 is 33.7 Å². The SMILES string of the molecule is [2H]C(=O)OCC1(SSc2ccc([N+](=O)[O-])cn2)CC1. The number of rotatable bonds is 6. The second kappa shape index (κ2) is 5.57. The van der Waals surface area contributed by atoms with E-state index in [1.165, 1.54) is 33.9 Å². The van der Waals surface area contributed by atoms with Crippen LogP contribution in [-0.2, 0) is 9.53 Å². The number of pyridine rings is 1. The first-order chi connectivity index (χ1) is 9.01. The lowest BCUT2D eigenvalue weighted by atomic mass is 10.4. The van der Waals surface area contributed by atoms with E-state index in [1.807, 2.05) is 0 Å². The summed E-state index contributed by atoms with van der Waals surface area (Å²) in [6.07, 6.45) is 2.03. The third-order valence-electron chi connectivity index (χ3n) is 2.44. The van der Waals surface area contributed by atoms with E-state index in [4.69, 9.17) is 6.11 Å². The van der Waals surface area contributed by atoms with Crippen molar-refractivity contribution in [1.29, 1.82) is 0 Å². The summed E-state index contributed by atoms with van der Waals surface area (Å²) in [6.45, 7) is 0.222. The van der Waals surface area contributed by atoms with Crippen LogP contribution in [0.5, 0.6) is 0 Å². The summed E-state index contributed by atoms with van der Waals surface area (Å²) in [4.78, 5) is 24.4. The summed E-state index contributed by atoms with van der Waals surface area (Å²) in [5, 5.41) is 11.1. The fraction of sp³-hybridized carbons (Fsp3) is 0.400. The van der Waals surface area contributed by atoms with Crippen LogP contribution in [0.1, 0.15) is 14.2 Å². The number of nitro groups is 1. The van der Waals surface area contributed by atoms with Crippen LogP contribution in [-0.4, -0.2) is 27.7 Å². The monoisotopic (exact) mass is 287 g/mol. The zero-order chi connectivity index (χ0) is 13.9. The van der Waals surface area contributed by atoms with E-state index in [1.54, 1.807) is 6.07 Å². The van der Waals surface area contributed by atoms with Gasteiger partial charge in [0.05, 0.1) is 9.67 Å². The molecule has 0 aliphatic heterocycles. The molecule has 0 amide bonds. The van der Waals surface area contributed by atoms with Gasteiger partial charge < -0.3 is 4.74 Å². The molecule has 0 unspecified atom stereocenters. The van der Waals surface area contributed by atoms with Gasteiger partial charge in [-0.2, -0.15) is 0 Å². The van der Waals surface area contributed by atoms with Crippen molar-refractivity contribution in [3.05, 3.63) is 28.4 Å². The van der Waals surface area contributed by atoms with Crippen molar-refractivity contribution in [3.8, 4) is 0 Å². The van der Waals surface area contributed by atoms with Crippen molar-refractivity contribution in [3.63, 3.8) is 0 Å². The number of hydrogen-bond donors (Lipinski definition) is 0. The maximum absolute atomic E-state index is 10.5. The van der Waals surface area contributed by atoms with E-state index in [-0.39, 0.29) is 17.0 Å². The van der Waals surface area contributed by atoms with Gasteiger partial charge in [0, 0.05) is 6.07 Å². The lowest BCUT2D eigenvalue weighted by Gasteiger charge is -2.11.